The van der Waals surface area contributed by atoms with E-state index in [2.05, 4.69) is 16.0 Å². The summed E-state index contributed by atoms with van der Waals surface area (Å²) in [5.41, 5.74) is 1.66. The first kappa shape index (κ1) is 22.0. The summed E-state index contributed by atoms with van der Waals surface area (Å²) >= 11 is 0. The molecule has 3 N–H and O–H groups in total. The van der Waals surface area contributed by atoms with E-state index in [4.69, 9.17) is 14.2 Å². The second-order valence-electron chi connectivity index (χ2n) is 6.15. The van der Waals surface area contributed by atoms with Crippen molar-refractivity contribution in [1.82, 2.24) is 5.32 Å². The minimum Gasteiger partial charge on any atom is -0.497 e. The Morgan fingerprint density at radius 2 is 1.83 bits per heavy atom. The summed E-state index contributed by atoms with van der Waals surface area (Å²) in [7, 11) is 4.74. The van der Waals surface area contributed by atoms with Crippen LogP contribution in [0.15, 0.2) is 42.5 Å². The van der Waals surface area contributed by atoms with Crippen LogP contribution in [0.1, 0.15) is 16.8 Å². The van der Waals surface area contributed by atoms with Crippen LogP contribution in [0.25, 0.3) is 0 Å². The molecule has 8 nitrogen and oxygen atoms in total. The zero-order valence-electron chi connectivity index (χ0n) is 16.9. The maximum absolute atomic E-state index is 12.3. The smallest absolute Gasteiger partial charge is 0.251 e. The summed E-state index contributed by atoms with van der Waals surface area (Å²) < 4.78 is 15.4. The quantitative estimate of drug-likeness (QED) is 0.501. The topological polar surface area (TPSA) is 97.9 Å². The number of hydrogen-bond donors (Lipinski definition) is 3. The van der Waals surface area contributed by atoms with Crippen LogP contribution < -0.4 is 25.4 Å². The van der Waals surface area contributed by atoms with E-state index < -0.39 is 0 Å². The van der Waals surface area contributed by atoms with Crippen LogP contribution in [-0.2, 0) is 9.53 Å². The fourth-order valence-electron chi connectivity index (χ4n) is 2.59. The van der Waals surface area contributed by atoms with Gasteiger partial charge < -0.3 is 30.2 Å². The van der Waals surface area contributed by atoms with E-state index in [1.165, 1.54) is 0 Å². The predicted octanol–water partition coefficient (Wildman–Crippen LogP) is 2.52. The number of rotatable bonds is 11. The van der Waals surface area contributed by atoms with Crippen LogP contribution in [0.3, 0.4) is 0 Å². The van der Waals surface area contributed by atoms with Crippen molar-refractivity contribution in [2.45, 2.75) is 6.42 Å². The molecule has 0 aromatic heterocycles. The Hall–Kier alpha value is -3.26. The molecule has 0 saturated carbocycles. The van der Waals surface area contributed by atoms with E-state index in [0.29, 0.717) is 41.6 Å². The first-order valence-electron chi connectivity index (χ1n) is 9.20. The Balaban J connectivity index is 1.92. The van der Waals surface area contributed by atoms with Gasteiger partial charge in [0, 0.05) is 37.6 Å². The molecule has 0 heterocycles. The monoisotopic (exact) mass is 401 g/mol. The van der Waals surface area contributed by atoms with Crippen molar-refractivity contribution in [3.8, 4) is 11.5 Å². The maximum atomic E-state index is 12.3. The van der Waals surface area contributed by atoms with Gasteiger partial charge in [-0.15, -0.1) is 0 Å². The van der Waals surface area contributed by atoms with Crippen LogP contribution in [0.4, 0.5) is 11.4 Å². The standard InChI is InChI=1S/C21H27N3O5/c1-27-11-5-10-22-21(26)15-6-4-7-16(12-15)24-20(25)14-23-18-13-17(28-2)8-9-19(18)29-3/h4,6-9,12-13,23H,5,10-11,14H2,1-3H3,(H,22,26)(H,24,25). The molecule has 29 heavy (non-hydrogen) atoms. The summed E-state index contributed by atoms with van der Waals surface area (Å²) in [6, 6.07) is 12.1. The number of ether oxygens (including phenoxy) is 3. The highest BCUT2D eigenvalue weighted by Crippen LogP contribution is 2.28. The van der Waals surface area contributed by atoms with E-state index in [1.807, 2.05) is 0 Å². The molecule has 0 fully saturated rings. The van der Waals surface area contributed by atoms with Gasteiger partial charge in [0.2, 0.25) is 5.91 Å². The molecule has 156 valence electrons. The van der Waals surface area contributed by atoms with Crippen molar-refractivity contribution in [3.05, 3.63) is 48.0 Å². The third-order valence-electron chi connectivity index (χ3n) is 4.07. The molecule has 0 bridgehead atoms. The fourth-order valence-corrected chi connectivity index (χ4v) is 2.59. The normalized spacial score (nSPS) is 10.2. The lowest BCUT2D eigenvalue weighted by Gasteiger charge is -2.13. The number of methoxy groups -OCH3 is 3. The lowest BCUT2D eigenvalue weighted by Crippen LogP contribution is -2.25. The number of hydrogen-bond acceptors (Lipinski definition) is 6. The van der Waals surface area contributed by atoms with E-state index in [-0.39, 0.29) is 18.4 Å². The average molecular weight is 401 g/mol. The molecule has 0 spiro atoms. The summed E-state index contributed by atoms with van der Waals surface area (Å²) in [5.74, 6) is 0.799. The van der Waals surface area contributed by atoms with Gasteiger partial charge in [-0.3, -0.25) is 9.59 Å². The molecule has 0 radical (unpaired) electrons. The summed E-state index contributed by atoms with van der Waals surface area (Å²) in [4.78, 5) is 24.5. The van der Waals surface area contributed by atoms with Crippen molar-refractivity contribution in [2.75, 3.05) is 51.7 Å². The lowest BCUT2D eigenvalue weighted by molar-refractivity contribution is -0.114. The van der Waals surface area contributed by atoms with Crippen molar-refractivity contribution in [2.24, 2.45) is 0 Å². The molecule has 0 atom stereocenters. The van der Waals surface area contributed by atoms with Crippen LogP contribution in [0.2, 0.25) is 0 Å². The molecule has 0 aliphatic heterocycles. The van der Waals surface area contributed by atoms with Gasteiger partial charge in [-0.2, -0.15) is 0 Å². The van der Waals surface area contributed by atoms with Crippen LogP contribution >= 0.6 is 0 Å². The number of nitrogens with one attached hydrogen (secondary N) is 3. The summed E-state index contributed by atoms with van der Waals surface area (Å²) in [5, 5.41) is 8.62. The molecule has 0 saturated heterocycles. The van der Waals surface area contributed by atoms with Crippen LogP contribution in [-0.4, -0.2) is 52.8 Å². The lowest BCUT2D eigenvalue weighted by atomic mass is 10.2. The Morgan fingerprint density at radius 1 is 1.00 bits per heavy atom. The van der Waals surface area contributed by atoms with Crippen molar-refractivity contribution in [1.29, 1.82) is 0 Å². The zero-order chi connectivity index (χ0) is 21.1. The van der Waals surface area contributed by atoms with E-state index in [9.17, 15) is 9.59 Å². The number of carbonyl (C=O) groups is 2. The third kappa shape index (κ3) is 7.00. The van der Waals surface area contributed by atoms with E-state index in [1.54, 1.807) is 63.8 Å². The molecule has 0 aliphatic rings. The molecule has 2 rings (SSSR count). The van der Waals surface area contributed by atoms with Crippen LogP contribution in [0.5, 0.6) is 11.5 Å². The first-order valence-corrected chi connectivity index (χ1v) is 9.20. The van der Waals surface area contributed by atoms with Crippen molar-refractivity contribution >= 4 is 23.2 Å². The minimum absolute atomic E-state index is 0.0248. The fraction of sp³-hybridized carbons (Fsp3) is 0.333. The zero-order valence-corrected chi connectivity index (χ0v) is 16.9. The van der Waals surface area contributed by atoms with Gasteiger partial charge >= 0.3 is 0 Å². The highest BCUT2D eigenvalue weighted by Gasteiger charge is 2.10. The number of carbonyl (C=O) groups excluding carboxylic acids is 2. The highest BCUT2D eigenvalue weighted by atomic mass is 16.5. The largest absolute Gasteiger partial charge is 0.497 e. The van der Waals surface area contributed by atoms with E-state index in [0.717, 1.165) is 6.42 Å². The summed E-state index contributed by atoms with van der Waals surface area (Å²) in [6.07, 6.45) is 0.734. The molecule has 0 unspecified atom stereocenters. The van der Waals surface area contributed by atoms with Crippen molar-refractivity contribution < 1.29 is 23.8 Å². The molecule has 0 aliphatic carbocycles. The SMILES string of the molecule is COCCCNC(=O)c1cccc(NC(=O)CNc2cc(OC)ccc2OC)c1. The van der Waals surface area contributed by atoms with Crippen molar-refractivity contribution in [3.63, 3.8) is 0 Å². The average Bonchev–Trinajstić information content (AvgIpc) is 2.75. The van der Waals surface area contributed by atoms with Gasteiger partial charge in [-0.05, 0) is 36.8 Å². The second-order valence-corrected chi connectivity index (χ2v) is 6.15. The Bertz CT molecular complexity index is 826. The van der Waals surface area contributed by atoms with Gasteiger partial charge in [0.15, 0.2) is 0 Å². The molecule has 8 heteroatoms. The molecular formula is C21H27N3O5. The molecule has 2 amide bonds. The Labute approximate surface area is 170 Å². The van der Waals surface area contributed by atoms with Gasteiger partial charge in [-0.25, -0.2) is 0 Å². The molecule has 2 aromatic rings. The minimum atomic E-state index is -0.257. The van der Waals surface area contributed by atoms with Gasteiger partial charge in [0.25, 0.3) is 5.91 Å². The third-order valence-corrected chi connectivity index (χ3v) is 4.07. The number of amides is 2. The molecular weight excluding hydrogens is 374 g/mol. The second kappa shape index (κ2) is 11.6. The Kier molecular flexibility index (Phi) is 8.78. The number of anilines is 2. The Morgan fingerprint density at radius 3 is 2.55 bits per heavy atom. The van der Waals surface area contributed by atoms with E-state index >= 15 is 0 Å². The maximum Gasteiger partial charge on any atom is 0.251 e. The van der Waals surface area contributed by atoms with Gasteiger partial charge in [-0.1, -0.05) is 6.07 Å². The van der Waals surface area contributed by atoms with Gasteiger partial charge in [0.05, 0.1) is 26.5 Å². The van der Waals surface area contributed by atoms with Gasteiger partial charge in [0.1, 0.15) is 11.5 Å². The first-order chi connectivity index (χ1) is 14.1. The van der Waals surface area contributed by atoms with Crippen LogP contribution in [0, 0.1) is 0 Å². The predicted molar refractivity (Wildman–Crippen MR) is 112 cm³/mol. The number of benzene rings is 2. The molecule has 2 aromatic carbocycles. The highest BCUT2D eigenvalue weighted by molar-refractivity contribution is 5.98. The summed E-state index contributed by atoms with van der Waals surface area (Å²) in [6.45, 7) is 1.13.